The largest absolute Gasteiger partial charge is 0.386 e. The molecule has 0 aliphatic rings. The van der Waals surface area contributed by atoms with E-state index in [2.05, 4.69) is 10.3 Å². The number of hydrogen-bond acceptors (Lipinski definition) is 3. The standard InChI is InChI=1S/C14H12F2N2O3/c15-9-4-1-5-10(16)12(9)11(19)7-18-14(21)8-3-2-6-17-13(8)20/h1-6,11,19H,7H2,(H,17,20)(H,18,21). The van der Waals surface area contributed by atoms with Gasteiger partial charge < -0.3 is 15.4 Å². The summed E-state index contributed by atoms with van der Waals surface area (Å²) >= 11 is 0. The number of nitrogens with one attached hydrogen (secondary N) is 2. The maximum atomic E-state index is 13.4. The Bertz CT molecular complexity index is 695. The summed E-state index contributed by atoms with van der Waals surface area (Å²) < 4.78 is 26.9. The van der Waals surface area contributed by atoms with Gasteiger partial charge in [-0.05, 0) is 24.3 Å². The first-order valence-corrected chi connectivity index (χ1v) is 6.08. The molecule has 5 nitrogen and oxygen atoms in total. The number of carbonyl (C=O) groups excluding carboxylic acids is 1. The van der Waals surface area contributed by atoms with E-state index in [-0.39, 0.29) is 5.56 Å². The van der Waals surface area contributed by atoms with Gasteiger partial charge in [-0.25, -0.2) is 8.78 Å². The Balaban J connectivity index is 2.08. The summed E-state index contributed by atoms with van der Waals surface area (Å²) in [7, 11) is 0. The molecule has 1 unspecified atom stereocenters. The Morgan fingerprint density at radius 1 is 1.24 bits per heavy atom. The zero-order chi connectivity index (χ0) is 15.4. The lowest BCUT2D eigenvalue weighted by molar-refractivity contribution is 0.0910. The molecule has 2 aromatic rings. The number of aliphatic hydroxyl groups excluding tert-OH is 1. The molecular formula is C14H12F2N2O3. The monoisotopic (exact) mass is 294 g/mol. The van der Waals surface area contributed by atoms with Crippen molar-refractivity contribution in [2.75, 3.05) is 6.54 Å². The van der Waals surface area contributed by atoms with Crippen LogP contribution in [0.3, 0.4) is 0 Å². The minimum Gasteiger partial charge on any atom is -0.386 e. The third-order valence-electron chi connectivity index (χ3n) is 2.85. The Hall–Kier alpha value is -2.54. The maximum absolute atomic E-state index is 13.4. The highest BCUT2D eigenvalue weighted by Gasteiger charge is 2.19. The topological polar surface area (TPSA) is 82.2 Å². The van der Waals surface area contributed by atoms with Crippen molar-refractivity contribution in [2.24, 2.45) is 0 Å². The van der Waals surface area contributed by atoms with Crippen molar-refractivity contribution in [1.82, 2.24) is 10.3 Å². The van der Waals surface area contributed by atoms with Crippen LogP contribution in [0, 0.1) is 11.6 Å². The van der Waals surface area contributed by atoms with E-state index >= 15 is 0 Å². The molecule has 1 atom stereocenters. The molecule has 1 heterocycles. The number of carbonyl (C=O) groups is 1. The summed E-state index contributed by atoms with van der Waals surface area (Å²) in [5.74, 6) is -2.56. The molecule has 1 amide bonds. The van der Waals surface area contributed by atoms with Gasteiger partial charge in [0.05, 0.1) is 5.56 Å². The molecule has 0 aliphatic heterocycles. The molecule has 0 saturated heterocycles. The van der Waals surface area contributed by atoms with Crippen molar-refractivity contribution in [3.8, 4) is 0 Å². The lowest BCUT2D eigenvalue weighted by Crippen LogP contribution is -2.32. The van der Waals surface area contributed by atoms with Crippen LogP contribution in [0.2, 0.25) is 0 Å². The molecule has 1 aromatic carbocycles. The van der Waals surface area contributed by atoms with Gasteiger partial charge >= 0.3 is 0 Å². The van der Waals surface area contributed by atoms with E-state index in [1.165, 1.54) is 24.4 Å². The first-order valence-electron chi connectivity index (χ1n) is 6.08. The minimum absolute atomic E-state index is 0.154. The molecule has 110 valence electrons. The molecule has 0 fully saturated rings. The molecule has 1 aromatic heterocycles. The molecule has 7 heteroatoms. The average molecular weight is 294 g/mol. The number of benzene rings is 1. The quantitative estimate of drug-likeness (QED) is 0.790. The first kappa shape index (κ1) is 14.9. The van der Waals surface area contributed by atoms with E-state index in [4.69, 9.17) is 0 Å². The van der Waals surface area contributed by atoms with Gasteiger partial charge in [0.15, 0.2) is 0 Å². The second-order valence-corrected chi connectivity index (χ2v) is 4.27. The van der Waals surface area contributed by atoms with Gasteiger partial charge in [0.2, 0.25) is 0 Å². The molecule has 0 saturated carbocycles. The number of halogens is 2. The van der Waals surface area contributed by atoms with Crippen LogP contribution in [0.4, 0.5) is 8.78 Å². The Morgan fingerprint density at radius 2 is 1.90 bits per heavy atom. The van der Waals surface area contributed by atoms with Gasteiger partial charge in [0.25, 0.3) is 11.5 Å². The number of pyridine rings is 1. The van der Waals surface area contributed by atoms with Gasteiger partial charge in [0.1, 0.15) is 23.3 Å². The van der Waals surface area contributed by atoms with Crippen LogP contribution in [0.25, 0.3) is 0 Å². The smallest absolute Gasteiger partial charge is 0.260 e. The third kappa shape index (κ3) is 3.32. The van der Waals surface area contributed by atoms with Gasteiger partial charge in [-0.1, -0.05) is 6.07 Å². The number of H-pyrrole nitrogens is 1. The van der Waals surface area contributed by atoms with Crippen LogP contribution in [-0.4, -0.2) is 22.5 Å². The van der Waals surface area contributed by atoms with E-state index < -0.39 is 41.3 Å². The number of aromatic nitrogens is 1. The van der Waals surface area contributed by atoms with Crippen molar-refractivity contribution in [3.05, 3.63) is 69.6 Å². The van der Waals surface area contributed by atoms with Crippen LogP contribution in [-0.2, 0) is 0 Å². The normalized spacial score (nSPS) is 12.0. The SMILES string of the molecule is O=C(NCC(O)c1c(F)cccc1F)c1ccc[nH]c1=O. The fraction of sp³-hybridized carbons (Fsp3) is 0.143. The second kappa shape index (κ2) is 6.27. The van der Waals surface area contributed by atoms with Crippen molar-refractivity contribution in [1.29, 1.82) is 0 Å². The Morgan fingerprint density at radius 3 is 2.52 bits per heavy atom. The number of aliphatic hydroxyl groups is 1. The number of aromatic amines is 1. The number of amides is 1. The van der Waals surface area contributed by atoms with E-state index in [0.717, 1.165) is 12.1 Å². The van der Waals surface area contributed by atoms with Crippen molar-refractivity contribution < 1.29 is 18.7 Å². The van der Waals surface area contributed by atoms with Crippen LogP contribution in [0.15, 0.2) is 41.3 Å². The van der Waals surface area contributed by atoms with Crippen molar-refractivity contribution in [3.63, 3.8) is 0 Å². The predicted molar refractivity (Wildman–Crippen MR) is 70.7 cm³/mol. The van der Waals surface area contributed by atoms with Crippen molar-refractivity contribution in [2.45, 2.75) is 6.10 Å². The van der Waals surface area contributed by atoms with E-state index in [1.54, 1.807) is 0 Å². The lowest BCUT2D eigenvalue weighted by atomic mass is 10.1. The predicted octanol–water partition coefficient (Wildman–Crippen LogP) is 1.12. The summed E-state index contributed by atoms with van der Waals surface area (Å²) in [5, 5.41) is 12.0. The van der Waals surface area contributed by atoms with E-state index in [0.29, 0.717) is 0 Å². The van der Waals surface area contributed by atoms with Gasteiger partial charge in [-0.15, -0.1) is 0 Å². The number of rotatable bonds is 4. The summed E-state index contributed by atoms with van der Waals surface area (Å²) in [4.78, 5) is 25.4. The van der Waals surface area contributed by atoms with Gasteiger partial charge in [-0.3, -0.25) is 9.59 Å². The highest BCUT2D eigenvalue weighted by atomic mass is 19.1. The fourth-order valence-corrected chi connectivity index (χ4v) is 1.82. The molecule has 0 radical (unpaired) electrons. The van der Waals surface area contributed by atoms with Crippen LogP contribution >= 0.6 is 0 Å². The van der Waals surface area contributed by atoms with E-state index in [1.807, 2.05) is 0 Å². The average Bonchev–Trinajstić information content (AvgIpc) is 2.45. The summed E-state index contributed by atoms with van der Waals surface area (Å²) in [6, 6.07) is 5.94. The van der Waals surface area contributed by atoms with Crippen molar-refractivity contribution >= 4 is 5.91 Å². The summed E-state index contributed by atoms with van der Waals surface area (Å²) in [6.45, 7) is -0.426. The second-order valence-electron chi connectivity index (χ2n) is 4.27. The lowest BCUT2D eigenvalue weighted by Gasteiger charge is -2.13. The molecule has 2 rings (SSSR count). The molecule has 3 N–H and O–H groups in total. The highest BCUT2D eigenvalue weighted by Crippen LogP contribution is 2.19. The molecule has 0 bridgehead atoms. The Kier molecular flexibility index (Phi) is 4.44. The van der Waals surface area contributed by atoms with E-state index in [9.17, 15) is 23.5 Å². The maximum Gasteiger partial charge on any atom is 0.260 e. The molecule has 0 spiro atoms. The molecular weight excluding hydrogens is 282 g/mol. The van der Waals surface area contributed by atoms with Crippen LogP contribution < -0.4 is 10.9 Å². The fourth-order valence-electron chi connectivity index (χ4n) is 1.82. The minimum atomic E-state index is -1.56. The molecule has 0 aliphatic carbocycles. The summed E-state index contributed by atoms with van der Waals surface area (Å²) in [5.41, 5.74) is -1.28. The highest BCUT2D eigenvalue weighted by molar-refractivity contribution is 5.93. The third-order valence-corrected chi connectivity index (χ3v) is 2.85. The Labute approximate surface area is 118 Å². The zero-order valence-corrected chi connectivity index (χ0v) is 10.8. The first-order chi connectivity index (χ1) is 10.0. The zero-order valence-electron chi connectivity index (χ0n) is 10.8. The number of hydrogen-bond donors (Lipinski definition) is 3. The van der Waals surface area contributed by atoms with Gasteiger partial charge in [-0.2, -0.15) is 0 Å². The summed E-state index contributed by atoms with van der Waals surface area (Å²) in [6.07, 6.45) is -0.194. The van der Waals surface area contributed by atoms with Crippen LogP contribution in [0.1, 0.15) is 22.0 Å². The molecule has 21 heavy (non-hydrogen) atoms. The van der Waals surface area contributed by atoms with Crippen LogP contribution in [0.5, 0.6) is 0 Å². The van der Waals surface area contributed by atoms with Gasteiger partial charge in [0, 0.05) is 12.7 Å².